The molecule has 0 unspecified atom stereocenters. The summed E-state index contributed by atoms with van der Waals surface area (Å²) in [6.07, 6.45) is 3.29. The van der Waals surface area contributed by atoms with E-state index in [0.717, 1.165) is 36.0 Å². The fraction of sp³-hybridized carbons (Fsp3) is 0.357. The van der Waals surface area contributed by atoms with Gasteiger partial charge in [-0.3, -0.25) is 0 Å². The Morgan fingerprint density at radius 2 is 2.22 bits per heavy atom. The van der Waals surface area contributed by atoms with E-state index in [-0.39, 0.29) is 0 Å². The highest BCUT2D eigenvalue weighted by Gasteiger charge is 2.22. The van der Waals surface area contributed by atoms with Crippen LogP contribution in [0.2, 0.25) is 0 Å². The number of hydrogen-bond acceptors (Lipinski definition) is 2. The topological polar surface area (TPSA) is 29.9 Å². The van der Waals surface area contributed by atoms with Crippen LogP contribution in [-0.4, -0.2) is 16.3 Å². The molecule has 0 spiro atoms. The largest absolute Gasteiger partial charge is 0.369 e. The van der Waals surface area contributed by atoms with Crippen molar-refractivity contribution in [3.8, 4) is 5.69 Å². The van der Waals surface area contributed by atoms with E-state index in [1.54, 1.807) is 0 Å². The highest BCUT2D eigenvalue weighted by molar-refractivity contribution is 9.10. The van der Waals surface area contributed by atoms with Crippen LogP contribution in [-0.2, 0) is 12.8 Å². The van der Waals surface area contributed by atoms with Gasteiger partial charge in [-0.2, -0.15) is 5.10 Å². The zero-order valence-electron chi connectivity index (χ0n) is 10.4. The zero-order chi connectivity index (χ0) is 12.5. The molecular formula is C14H16BrN3. The average Bonchev–Trinajstić information content (AvgIpc) is 2.94. The lowest BCUT2D eigenvalue weighted by Gasteiger charge is -2.08. The number of rotatable bonds is 3. The van der Waals surface area contributed by atoms with Crippen molar-refractivity contribution in [2.75, 3.05) is 11.9 Å². The third-order valence-electron chi connectivity index (χ3n) is 3.30. The maximum atomic E-state index is 4.78. The van der Waals surface area contributed by atoms with Gasteiger partial charge < -0.3 is 5.32 Å². The summed E-state index contributed by atoms with van der Waals surface area (Å²) in [4.78, 5) is 0. The number of aromatic nitrogens is 2. The van der Waals surface area contributed by atoms with E-state index in [1.165, 1.54) is 17.1 Å². The van der Waals surface area contributed by atoms with Crippen molar-refractivity contribution in [3.05, 3.63) is 40.0 Å². The third kappa shape index (κ3) is 1.85. The maximum Gasteiger partial charge on any atom is 0.133 e. The fourth-order valence-corrected chi connectivity index (χ4v) is 2.93. The van der Waals surface area contributed by atoms with Gasteiger partial charge in [0.25, 0.3) is 0 Å². The number of para-hydroxylation sites is 1. The molecule has 1 N–H and O–H groups in total. The molecular weight excluding hydrogens is 290 g/mol. The van der Waals surface area contributed by atoms with E-state index in [0.29, 0.717) is 0 Å². The van der Waals surface area contributed by atoms with Gasteiger partial charge in [-0.15, -0.1) is 0 Å². The molecule has 0 atom stereocenters. The second-order valence-electron chi connectivity index (χ2n) is 4.56. The predicted octanol–water partition coefficient (Wildman–Crippen LogP) is 3.56. The minimum Gasteiger partial charge on any atom is -0.369 e. The number of nitrogens with one attached hydrogen (secondary N) is 1. The molecule has 2 aromatic rings. The lowest BCUT2D eigenvalue weighted by Crippen LogP contribution is -2.05. The molecule has 2 heterocycles. The van der Waals surface area contributed by atoms with Gasteiger partial charge in [0.05, 0.1) is 11.4 Å². The Morgan fingerprint density at radius 3 is 3.00 bits per heavy atom. The summed E-state index contributed by atoms with van der Waals surface area (Å²) in [6, 6.07) is 8.21. The van der Waals surface area contributed by atoms with Gasteiger partial charge in [0.2, 0.25) is 0 Å². The van der Waals surface area contributed by atoms with Crippen molar-refractivity contribution < 1.29 is 0 Å². The summed E-state index contributed by atoms with van der Waals surface area (Å²) in [5.74, 6) is 1.17. The highest BCUT2D eigenvalue weighted by Crippen LogP contribution is 2.31. The van der Waals surface area contributed by atoms with Crippen molar-refractivity contribution in [1.29, 1.82) is 0 Å². The lowest BCUT2D eigenvalue weighted by atomic mass is 10.1. The van der Waals surface area contributed by atoms with Gasteiger partial charge >= 0.3 is 0 Å². The van der Waals surface area contributed by atoms with Crippen molar-refractivity contribution in [2.24, 2.45) is 0 Å². The van der Waals surface area contributed by atoms with Crippen LogP contribution in [0.15, 0.2) is 28.7 Å². The Balaban J connectivity index is 2.13. The summed E-state index contributed by atoms with van der Waals surface area (Å²) in [5.41, 5.74) is 3.74. The molecule has 0 bridgehead atoms. The van der Waals surface area contributed by atoms with Crippen molar-refractivity contribution in [1.82, 2.24) is 9.78 Å². The Kier molecular flexibility index (Phi) is 3.12. The first-order valence-corrected chi connectivity index (χ1v) is 7.20. The average molecular weight is 306 g/mol. The van der Waals surface area contributed by atoms with Crippen LogP contribution in [0.3, 0.4) is 0 Å². The van der Waals surface area contributed by atoms with Crippen molar-refractivity contribution in [2.45, 2.75) is 26.2 Å². The fourth-order valence-electron chi connectivity index (χ4n) is 2.48. The summed E-state index contributed by atoms with van der Waals surface area (Å²) >= 11 is 3.60. The summed E-state index contributed by atoms with van der Waals surface area (Å²) in [5, 5.41) is 8.23. The predicted molar refractivity (Wildman–Crippen MR) is 77.5 cm³/mol. The molecule has 1 aliphatic heterocycles. The molecule has 0 radical (unpaired) electrons. The molecule has 0 aliphatic carbocycles. The molecule has 4 heteroatoms. The number of fused-ring (bicyclic) bond motifs is 1. The van der Waals surface area contributed by atoms with E-state index in [4.69, 9.17) is 5.10 Å². The van der Waals surface area contributed by atoms with Crippen LogP contribution in [0.25, 0.3) is 5.69 Å². The first-order valence-electron chi connectivity index (χ1n) is 6.40. The van der Waals surface area contributed by atoms with Crippen LogP contribution in [0, 0.1) is 0 Å². The number of anilines is 1. The van der Waals surface area contributed by atoms with E-state index in [9.17, 15) is 0 Å². The van der Waals surface area contributed by atoms with Gasteiger partial charge in [-0.25, -0.2) is 4.68 Å². The third-order valence-corrected chi connectivity index (χ3v) is 3.97. The van der Waals surface area contributed by atoms with Crippen LogP contribution < -0.4 is 5.32 Å². The quantitative estimate of drug-likeness (QED) is 0.940. The molecule has 1 aliphatic rings. The number of aryl methyl sites for hydroxylation is 1. The summed E-state index contributed by atoms with van der Waals surface area (Å²) < 4.78 is 3.12. The molecule has 0 saturated heterocycles. The normalized spacial score (nSPS) is 13.4. The molecule has 3 nitrogen and oxygen atoms in total. The first kappa shape index (κ1) is 11.8. The van der Waals surface area contributed by atoms with Crippen molar-refractivity contribution >= 4 is 21.7 Å². The number of hydrogen-bond donors (Lipinski definition) is 1. The van der Waals surface area contributed by atoms with Crippen LogP contribution in [0.5, 0.6) is 0 Å². The molecule has 0 fully saturated rings. The maximum absolute atomic E-state index is 4.78. The Morgan fingerprint density at radius 1 is 1.39 bits per heavy atom. The number of halogens is 1. The van der Waals surface area contributed by atoms with E-state index in [2.05, 4.69) is 40.3 Å². The molecule has 1 aromatic carbocycles. The Labute approximate surface area is 115 Å². The number of nitrogens with zero attached hydrogens (tertiary/aromatic N) is 2. The van der Waals surface area contributed by atoms with Gasteiger partial charge in [-0.05, 0) is 40.9 Å². The smallest absolute Gasteiger partial charge is 0.133 e. The number of benzene rings is 1. The van der Waals surface area contributed by atoms with Crippen LogP contribution in [0.4, 0.5) is 5.82 Å². The van der Waals surface area contributed by atoms with Gasteiger partial charge in [0.1, 0.15) is 5.82 Å². The molecule has 18 heavy (non-hydrogen) atoms. The molecule has 1 aromatic heterocycles. The highest BCUT2D eigenvalue weighted by atomic mass is 79.9. The van der Waals surface area contributed by atoms with Crippen LogP contribution in [0.1, 0.15) is 24.6 Å². The van der Waals surface area contributed by atoms with E-state index < -0.39 is 0 Å². The monoisotopic (exact) mass is 305 g/mol. The van der Waals surface area contributed by atoms with Gasteiger partial charge in [0, 0.05) is 16.6 Å². The first-order chi connectivity index (χ1) is 8.81. The van der Waals surface area contributed by atoms with E-state index in [1.807, 2.05) is 16.8 Å². The minimum atomic E-state index is 1.02. The lowest BCUT2D eigenvalue weighted by molar-refractivity contribution is 0.794. The second-order valence-corrected chi connectivity index (χ2v) is 5.42. The zero-order valence-corrected chi connectivity index (χ0v) is 12.0. The minimum absolute atomic E-state index is 1.02. The van der Waals surface area contributed by atoms with Gasteiger partial charge in [0.15, 0.2) is 0 Å². The molecule has 0 saturated carbocycles. The molecule has 94 valence electrons. The summed E-state index contributed by atoms with van der Waals surface area (Å²) in [6.45, 7) is 3.22. The van der Waals surface area contributed by atoms with Crippen molar-refractivity contribution in [3.63, 3.8) is 0 Å². The molecule has 3 rings (SSSR count). The summed E-state index contributed by atoms with van der Waals surface area (Å²) in [7, 11) is 0. The van der Waals surface area contributed by atoms with Crippen LogP contribution >= 0.6 is 15.9 Å². The van der Waals surface area contributed by atoms with Gasteiger partial charge in [-0.1, -0.05) is 25.5 Å². The Bertz CT molecular complexity index is 574. The second kappa shape index (κ2) is 4.76. The standard InChI is InChI=1S/C14H16BrN3/c1-2-5-12-10-8-9-16-14(10)18(17-12)13-7-4-3-6-11(13)15/h3-4,6-7,16H,2,5,8-9H2,1H3. The Hall–Kier alpha value is -1.29. The van der Waals surface area contributed by atoms with E-state index >= 15 is 0 Å². The SMILES string of the molecule is CCCc1nn(-c2ccccc2Br)c2c1CCN2. The molecule has 0 amide bonds.